The number of hydrogen-bond acceptors (Lipinski definition) is 4. The number of halogens is 1. The van der Waals surface area contributed by atoms with E-state index in [4.69, 9.17) is 4.98 Å². The Morgan fingerprint density at radius 1 is 1.50 bits per heavy atom. The van der Waals surface area contributed by atoms with Gasteiger partial charge in [0.05, 0.1) is 12.2 Å². The smallest absolute Gasteiger partial charge is 0.222 e. The van der Waals surface area contributed by atoms with Gasteiger partial charge in [-0.15, -0.1) is 35.3 Å². The lowest BCUT2D eigenvalue weighted by atomic mass is 10.1. The van der Waals surface area contributed by atoms with E-state index >= 15 is 0 Å². The third-order valence-electron chi connectivity index (χ3n) is 4.02. The second kappa shape index (κ2) is 9.55. The quantitative estimate of drug-likeness (QED) is 0.407. The maximum atomic E-state index is 11.5. The van der Waals surface area contributed by atoms with Crippen LogP contribution in [-0.4, -0.2) is 48.4 Å². The van der Waals surface area contributed by atoms with Crippen LogP contribution in [0.3, 0.4) is 0 Å². The van der Waals surface area contributed by atoms with Crippen molar-refractivity contribution >= 4 is 47.2 Å². The van der Waals surface area contributed by atoms with E-state index in [0.717, 1.165) is 17.4 Å². The second-order valence-electron chi connectivity index (χ2n) is 6.28. The molecule has 8 heteroatoms. The molecule has 1 aliphatic rings. The molecule has 136 valence electrons. The minimum absolute atomic E-state index is 0. The highest BCUT2D eigenvalue weighted by Gasteiger charge is 2.23. The maximum absolute atomic E-state index is 11.5. The van der Waals surface area contributed by atoms with E-state index < -0.39 is 0 Å². The molecule has 2 rings (SSSR count). The number of nitrogens with one attached hydrogen (secondary N) is 2. The van der Waals surface area contributed by atoms with Gasteiger partial charge in [0.1, 0.15) is 5.01 Å². The van der Waals surface area contributed by atoms with Gasteiger partial charge in [0, 0.05) is 38.0 Å². The van der Waals surface area contributed by atoms with E-state index in [2.05, 4.69) is 36.4 Å². The summed E-state index contributed by atoms with van der Waals surface area (Å²) < 4.78 is 0. The topological polar surface area (TPSA) is 69.6 Å². The highest BCUT2D eigenvalue weighted by atomic mass is 127. The largest absolute Gasteiger partial charge is 0.352 e. The Bertz CT molecular complexity index is 587. The summed E-state index contributed by atoms with van der Waals surface area (Å²) in [4.78, 5) is 23.6. The number of piperidine rings is 1. The predicted molar refractivity (Wildman–Crippen MR) is 110 cm³/mol. The van der Waals surface area contributed by atoms with Crippen LogP contribution in [0.25, 0.3) is 0 Å². The number of nitrogens with zero attached hydrogens (tertiary/aromatic N) is 3. The fourth-order valence-corrected chi connectivity index (χ4v) is 3.78. The fourth-order valence-electron chi connectivity index (χ4n) is 2.75. The normalized spacial score (nSPS) is 18.6. The summed E-state index contributed by atoms with van der Waals surface area (Å²) in [5.74, 6) is 1.43. The van der Waals surface area contributed by atoms with Crippen LogP contribution < -0.4 is 10.6 Å². The summed E-state index contributed by atoms with van der Waals surface area (Å²) in [7, 11) is 3.61. The van der Waals surface area contributed by atoms with Gasteiger partial charge in [-0.25, -0.2) is 4.98 Å². The van der Waals surface area contributed by atoms with E-state index in [-0.39, 0.29) is 35.9 Å². The number of carbonyl (C=O) groups excluding carboxylic acids is 1. The molecule has 0 bridgehead atoms. The van der Waals surface area contributed by atoms with Crippen molar-refractivity contribution in [2.45, 2.75) is 52.1 Å². The average molecular weight is 465 g/mol. The van der Waals surface area contributed by atoms with Crippen LogP contribution in [0.2, 0.25) is 0 Å². The number of likely N-dealkylation sites (tertiary alicyclic amines) is 1. The van der Waals surface area contributed by atoms with Gasteiger partial charge in [0.25, 0.3) is 0 Å². The van der Waals surface area contributed by atoms with Crippen molar-refractivity contribution in [3.05, 3.63) is 15.6 Å². The molecule has 0 aliphatic carbocycles. The lowest BCUT2D eigenvalue weighted by Crippen LogP contribution is -2.51. The first-order chi connectivity index (χ1) is 10.9. The van der Waals surface area contributed by atoms with Crippen LogP contribution in [-0.2, 0) is 11.3 Å². The van der Waals surface area contributed by atoms with Gasteiger partial charge in [0.15, 0.2) is 5.96 Å². The first kappa shape index (κ1) is 21.1. The number of aromatic nitrogens is 1. The van der Waals surface area contributed by atoms with Gasteiger partial charge in [0.2, 0.25) is 5.91 Å². The molecule has 2 heterocycles. The average Bonchev–Trinajstić information content (AvgIpc) is 2.88. The number of amides is 1. The zero-order valence-corrected chi connectivity index (χ0v) is 18.2. The van der Waals surface area contributed by atoms with Crippen molar-refractivity contribution < 1.29 is 4.79 Å². The number of carbonyl (C=O) groups is 1. The molecule has 0 saturated carbocycles. The van der Waals surface area contributed by atoms with Gasteiger partial charge < -0.3 is 15.5 Å². The van der Waals surface area contributed by atoms with Crippen LogP contribution >= 0.6 is 35.3 Å². The summed E-state index contributed by atoms with van der Waals surface area (Å²) in [6, 6.07) is 0.244. The summed E-state index contributed by atoms with van der Waals surface area (Å²) in [5, 5.41) is 7.79. The molecule has 1 aromatic heterocycles. The molecule has 1 aliphatic heterocycles. The molecule has 1 saturated heterocycles. The van der Waals surface area contributed by atoms with Crippen LogP contribution in [0.5, 0.6) is 0 Å². The third-order valence-corrected chi connectivity index (χ3v) is 5.01. The number of aliphatic imine (C=N–C) groups is 1. The number of thiazole rings is 1. The van der Waals surface area contributed by atoms with Crippen molar-refractivity contribution in [2.75, 3.05) is 20.6 Å². The van der Waals surface area contributed by atoms with Gasteiger partial charge in [-0.1, -0.05) is 13.8 Å². The second-order valence-corrected chi connectivity index (χ2v) is 7.57. The van der Waals surface area contributed by atoms with Crippen molar-refractivity contribution in [1.29, 1.82) is 0 Å². The Kier molecular flexibility index (Phi) is 8.41. The Morgan fingerprint density at radius 3 is 2.75 bits per heavy atom. The van der Waals surface area contributed by atoms with E-state index in [0.29, 0.717) is 25.4 Å². The van der Waals surface area contributed by atoms with Crippen molar-refractivity contribution in [2.24, 2.45) is 4.99 Å². The molecular weight excluding hydrogens is 437 g/mol. The lowest BCUT2D eigenvalue weighted by molar-refractivity contribution is -0.132. The van der Waals surface area contributed by atoms with Gasteiger partial charge in [-0.2, -0.15) is 0 Å². The van der Waals surface area contributed by atoms with Gasteiger partial charge in [-0.05, 0) is 19.3 Å². The molecule has 1 amide bonds. The number of likely N-dealkylation sites (N-methyl/N-ethyl adjacent to an activating group) is 1. The summed E-state index contributed by atoms with van der Waals surface area (Å²) in [6.45, 7) is 7.84. The minimum Gasteiger partial charge on any atom is -0.352 e. The van der Waals surface area contributed by atoms with Crippen molar-refractivity contribution in [1.82, 2.24) is 20.5 Å². The maximum Gasteiger partial charge on any atom is 0.222 e. The fraction of sp³-hybridized carbons (Fsp3) is 0.688. The zero-order chi connectivity index (χ0) is 17.0. The molecule has 1 fully saturated rings. The molecule has 0 aromatic carbocycles. The minimum atomic E-state index is 0. The molecule has 1 unspecified atom stereocenters. The third kappa shape index (κ3) is 5.58. The van der Waals surface area contributed by atoms with Crippen LogP contribution in [0.4, 0.5) is 0 Å². The van der Waals surface area contributed by atoms with E-state index in [1.165, 1.54) is 10.6 Å². The number of guanidine groups is 1. The number of rotatable bonds is 4. The van der Waals surface area contributed by atoms with Crippen LogP contribution in [0, 0.1) is 6.92 Å². The summed E-state index contributed by atoms with van der Waals surface area (Å²) >= 11 is 1.73. The first-order valence-electron chi connectivity index (χ1n) is 8.08. The molecule has 1 atom stereocenters. The van der Waals surface area contributed by atoms with Crippen LogP contribution in [0.15, 0.2) is 4.99 Å². The number of hydrogen-bond donors (Lipinski definition) is 2. The van der Waals surface area contributed by atoms with Crippen molar-refractivity contribution in [3.63, 3.8) is 0 Å². The lowest BCUT2D eigenvalue weighted by Gasteiger charge is -2.31. The number of aryl methyl sites for hydroxylation is 1. The standard InChI is InChI=1S/C16H27N5OS.HI/c1-10(2)15-11(3)23-13(20-15)8-18-16(17-4)19-12-6-7-14(22)21(5)9-12;/h10,12H,6-9H2,1-5H3,(H2,17,18,19);1H. The summed E-state index contributed by atoms with van der Waals surface area (Å²) in [6.07, 6.45) is 1.44. The monoisotopic (exact) mass is 465 g/mol. The molecular formula is C16H28IN5OS. The Labute approximate surface area is 165 Å². The highest BCUT2D eigenvalue weighted by molar-refractivity contribution is 14.0. The van der Waals surface area contributed by atoms with Gasteiger partial charge in [-0.3, -0.25) is 9.79 Å². The summed E-state index contributed by atoms with van der Waals surface area (Å²) in [5.41, 5.74) is 1.18. The van der Waals surface area contributed by atoms with Gasteiger partial charge >= 0.3 is 0 Å². The zero-order valence-electron chi connectivity index (χ0n) is 15.0. The molecule has 2 N–H and O–H groups in total. The predicted octanol–water partition coefficient (Wildman–Crippen LogP) is 2.48. The molecule has 6 nitrogen and oxygen atoms in total. The SMILES string of the molecule is CN=C(NCc1nc(C(C)C)c(C)s1)NC1CCC(=O)N(C)C1.I. The Hall–Kier alpha value is -0.900. The molecule has 1 aromatic rings. The molecule has 24 heavy (non-hydrogen) atoms. The van der Waals surface area contributed by atoms with E-state index in [9.17, 15) is 4.79 Å². The highest BCUT2D eigenvalue weighted by Crippen LogP contribution is 2.23. The Balaban J connectivity index is 0.00000288. The van der Waals surface area contributed by atoms with E-state index in [1.807, 2.05) is 7.05 Å². The molecule has 0 radical (unpaired) electrons. The first-order valence-corrected chi connectivity index (χ1v) is 8.89. The van der Waals surface area contributed by atoms with E-state index in [1.54, 1.807) is 23.3 Å². The molecule has 0 spiro atoms. The Morgan fingerprint density at radius 2 is 2.21 bits per heavy atom. The van der Waals surface area contributed by atoms with Crippen molar-refractivity contribution in [3.8, 4) is 0 Å². The van der Waals surface area contributed by atoms with Crippen LogP contribution in [0.1, 0.15) is 48.2 Å².